The van der Waals surface area contributed by atoms with E-state index < -0.39 is 23.3 Å². The first kappa shape index (κ1) is 29.4. The van der Waals surface area contributed by atoms with E-state index in [4.69, 9.17) is 10.2 Å². The largest absolute Gasteiger partial charge is 0.481 e. The number of aliphatic carboxylic acids is 2. The number of nitrogens with one attached hydrogen (secondary N) is 6. The molecule has 1 fully saturated rings. The molecule has 194 valence electrons. The van der Waals surface area contributed by atoms with Gasteiger partial charge in [-0.3, -0.25) is 34.8 Å². The van der Waals surface area contributed by atoms with Gasteiger partial charge in [0.1, 0.15) is 11.3 Å². The first-order valence-corrected chi connectivity index (χ1v) is 11.5. The summed E-state index contributed by atoms with van der Waals surface area (Å²) in [6.07, 6.45) is 0.556. The molecule has 0 aromatic rings. The Hall–Kier alpha value is -2.61. The number of hydrogen-bond donors (Lipinski definition) is 8. The van der Waals surface area contributed by atoms with Crippen LogP contribution in [0, 0.1) is 0 Å². The number of carboxylic acid groups (broad SMARTS) is 2. The monoisotopic (exact) mass is 485 g/mol. The molecule has 1 heterocycles. The lowest BCUT2D eigenvalue weighted by Gasteiger charge is -2.37. The molecule has 0 aromatic carbocycles. The molecule has 1 aliphatic heterocycles. The SMILES string of the molecule is C=NC[C@@]1(NC(=O)CCCC(=O)O)CNCCNC[C@](C)(NC(=O)CCCC(=O)O)NCCN1. The highest BCUT2D eigenvalue weighted by molar-refractivity contribution is 5.78. The van der Waals surface area contributed by atoms with Crippen molar-refractivity contribution in [3.05, 3.63) is 0 Å². The van der Waals surface area contributed by atoms with Gasteiger partial charge in [0.25, 0.3) is 0 Å². The highest BCUT2D eigenvalue weighted by Gasteiger charge is 2.32. The van der Waals surface area contributed by atoms with Crippen LogP contribution in [0.1, 0.15) is 45.4 Å². The maximum atomic E-state index is 12.5. The number of hydrogen-bond acceptors (Lipinski definition) is 9. The molecule has 1 saturated heterocycles. The summed E-state index contributed by atoms with van der Waals surface area (Å²) in [5, 5.41) is 36.6. The maximum Gasteiger partial charge on any atom is 0.303 e. The minimum atomic E-state index is -0.948. The van der Waals surface area contributed by atoms with Gasteiger partial charge in [0.15, 0.2) is 0 Å². The zero-order valence-corrected chi connectivity index (χ0v) is 19.9. The average Bonchev–Trinajstić information content (AvgIpc) is 2.72. The fraction of sp³-hybridized carbons (Fsp3) is 0.762. The lowest BCUT2D eigenvalue weighted by atomic mass is 10.1. The van der Waals surface area contributed by atoms with Crippen LogP contribution in [-0.4, -0.2) is 97.8 Å². The van der Waals surface area contributed by atoms with Crippen LogP contribution in [0.5, 0.6) is 0 Å². The molecule has 0 bridgehead atoms. The lowest BCUT2D eigenvalue weighted by Crippen LogP contribution is -2.69. The minimum absolute atomic E-state index is 0.0626. The van der Waals surface area contributed by atoms with Crippen LogP contribution in [0.25, 0.3) is 0 Å². The Morgan fingerprint density at radius 1 is 0.824 bits per heavy atom. The van der Waals surface area contributed by atoms with Crippen molar-refractivity contribution in [1.82, 2.24) is 31.9 Å². The van der Waals surface area contributed by atoms with E-state index in [1.807, 2.05) is 6.92 Å². The third-order valence-electron chi connectivity index (χ3n) is 5.25. The van der Waals surface area contributed by atoms with Crippen LogP contribution < -0.4 is 31.9 Å². The van der Waals surface area contributed by atoms with Crippen LogP contribution in [0.3, 0.4) is 0 Å². The minimum Gasteiger partial charge on any atom is -0.481 e. The van der Waals surface area contributed by atoms with E-state index in [0.29, 0.717) is 39.3 Å². The average molecular weight is 486 g/mol. The zero-order chi connectivity index (χ0) is 25.5. The molecule has 2 amide bonds. The molecule has 0 saturated carbocycles. The van der Waals surface area contributed by atoms with E-state index in [0.717, 1.165) is 0 Å². The van der Waals surface area contributed by atoms with Crippen LogP contribution >= 0.6 is 0 Å². The third-order valence-corrected chi connectivity index (χ3v) is 5.25. The highest BCUT2D eigenvalue weighted by Crippen LogP contribution is 2.05. The number of carbonyl (C=O) groups is 4. The van der Waals surface area contributed by atoms with E-state index in [1.54, 1.807) is 0 Å². The van der Waals surface area contributed by atoms with Crippen molar-refractivity contribution in [2.45, 2.75) is 56.8 Å². The van der Waals surface area contributed by atoms with Crippen molar-refractivity contribution >= 4 is 30.5 Å². The van der Waals surface area contributed by atoms with Gasteiger partial charge in [-0.25, -0.2) is 0 Å². The summed E-state index contributed by atoms with van der Waals surface area (Å²) in [6, 6.07) is 0. The van der Waals surface area contributed by atoms with Crippen molar-refractivity contribution in [2.24, 2.45) is 4.99 Å². The number of aliphatic imine (C=N–C) groups is 1. The molecule has 0 spiro atoms. The maximum absolute atomic E-state index is 12.5. The highest BCUT2D eigenvalue weighted by atomic mass is 16.4. The molecule has 1 rings (SSSR count). The van der Waals surface area contributed by atoms with E-state index in [9.17, 15) is 19.2 Å². The summed E-state index contributed by atoms with van der Waals surface area (Å²) >= 11 is 0. The predicted molar refractivity (Wildman–Crippen MR) is 127 cm³/mol. The van der Waals surface area contributed by atoms with Gasteiger partial charge in [0.05, 0.1) is 6.54 Å². The summed E-state index contributed by atoms with van der Waals surface area (Å²) in [5.41, 5.74) is -1.67. The van der Waals surface area contributed by atoms with Gasteiger partial charge in [-0.15, -0.1) is 0 Å². The molecule has 8 N–H and O–H groups in total. The molecule has 13 heteroatoms. The molecule has 2 atom stereocenters. The fourth-order valence-corrected chi connectivity index (χ4v) is 3.60. The van der Waals surface area contributed by atoms with Crippen molar-refractivity contribution in [1.29, 1.82) is 0 Å². The zero-order valence-electron chi connectivity index (χ0n) is 19.9. The Balaban J connectivity index is 2.74. The van der Waals surface area contributed by atoms with E-state index in [1.165, 1.54) is 0 Å². The van der Waals surface area contributed by atoms with Gasteiger partial charge >= 0.3 is 11.9 Å². The first-order valence-electron chi connectivity index (χ1n) is 11.5. The van der Waals surface area contributed by atoms with Gasteiger partial charge in [0, 0.05) is 65.0 Å². The number of amides is 2. The first-order chi connectivity index (χ1) is 16.1. The molecule has 34 heavy (non-hydrogen) atoms. The molecule has 1 aliphatic rings. The summed E-state index contributed by atoms with van der Waals surface area (Å²) in [6.45, 7) is 8.49. The predicted octanol–water partition coefficient (Wildman–Crippen LogP) is -1.79. The number of carbonyl (C=O) groups excluding carboxylic acids is 2. The van der Waals surface area contributed by atoms with E-state index in [2.05, 4.69) is 43.6 Å². The van der Waals surface area contributed by atoms with Crippen molar-refractivity contribution in [3.63, 3.8) is 0 Å². The molecular weight excluding hydrogens is 446 g/mol. The molecule has 0 aliphatic carbocycles. The Morgan fingerprint density at radius 2 is 1.35 bits per heavy atom. The van der Waals surface area contributed by atoms with Crippen LogP contribution in [0.15, 0.2) is 4.99 Å². The number of nitrogens with zero attached hydrogens (tertiary/aromatic N) is 1. The Morgan fingerprint density at radius 3 is 1.91 bits per heavy atom. The molecular formula is C21H39N7O6. The second-order valence-corrected chi connectivity index (χ2v) is 8.59. The summed E-state index contributed by atoms with van der Waals surface area (Å²) in [5.74, 6) is -2.41. The number of rotatable bonds is 12. The molecule has 0 radical (unpaired) electrons. The van der Waals surface area contributed by atoms with Crippen LogP contribution in [0.4, 0.5) is 0 Å². The lowest BCUT2D eigenvalue weighted by molar-refractivity contribution is -0.138. The Kier molecular flexibility index (Phi) is 13.3. The second-order valence-electron chi connectivity index (χ2n) is 8.59. The summed E-state index contributed by atoms with van der Waals surface area (Å²) < 4.78 is 0. The van der Waals surface area contributed by atoms with Crippen molar-refractivity contribution in [3.8, 4) is 0 Å². The van der Waals surface area contributed by atoms with Gasteiger partial charge in [-0.05, 0) is 26.5 Å². The van der Waals surface area contributed by atoms with E-state index >= 15 is 0 Å². The smallest absolute Gasteiger partial charge is 0.303 e. The quantitative estimate of drug-likeness (QED) is 0.146. The summed E-state index contributed by atoms with van der Waals surface area (Å²) in [4.78, 5) is 50.1. The Bertz CT molecular complexity index is 707. The van der Waals surface area contributed by atoms with Gasteiger partial charge in [0.2, 0.25) is 11.8 Å². The van der Waals surface area contributed by atoms with Gasteiger partial charge in [-0.1, -0.05) is 0 Å². The summed E-state index contributed by atoms with van der Waals surface area (Å²) in [7, 11) is 0. The topological polar surface area (TPSA) is 193 Å². The molecule has 0 unspecified atom stereocenters. The standard InChI is InChI=1S/C21H39N7O6/c1-20(27-16(29)5-3-7-18(31)32)13-23-9-10-24-15-21(14-22-2,26-12-11-25-20)28-17(30)6-4-8-19(33)34/h23-26H,2-15H2,1H3,(H,27,29)(H,28,30)(H,31,32)(H,33,34)/t20-,21+/m0/s1. The second kappa shape index (κ2) is 15.3. The normalized spacial score (nSPS) is 24.1. The van der Waals surface area contributed by atoms with Gasteiger partial charge < -0.3 is 31.5 Å². The van der Waals surface area contributed by atoms with Crippen molar-refractivity contribution in [2.75, 3.05) is 45.8 Å². The molecule has 0 aromatic heterocycles. The van der Waals surface area contributed by atoms with Crippen LogP contribution in [0.2, 0.25) is 0 Å². The third kappa shape index (κ3) is 12.6. The van der Waals surface area contributed by atoms with E-state index in [-0.39, 0.29) is 56.9 Å². The van der Waals surface area contributed by atoms with Gasteiger partial charge in [-0.2, -0.15) is 0 Å². The fourth-order valence-electron chi connectivity index (χ4n) is 3.60. The van der Waals surface area contributed by atoms with Crippen molar-refractivity contribution < 1.29 is 29.4 Å². The van der Waals surface area contributed by atoms with Crippen LogP contribution in [-0.2, 0) is 19.2 Å². The molecule has 13 nitrogen and oxygen atoms in total. The number of carboxylic acids is 2. The Labute approximate surface area is 199 Å².